The van der Waals surface area contributed by atoms with Crippen LogP contribution in [0.15, 0.2) is 0 Å². The van der Waals surface area contributed by atoms with Gasteiger partial charge in [0, 0.05) is 12.3 Å². The summed E-state index contributed by atoms with van der Waals surface area (Å²) in [6, 6.07) is 0. The Balaban J connectivity index is 1.69. The van der Waals surface area contributed by atoms with E-state index in [1.807, 2.05) is 20.8 Å². The Hall–Kier alpha value is -1.46. The third kappa shape index (κ3) is 4.09. The molecule has 1 aromatic heterocycles. The molecule has 0 aromatic carbocycles. The van der Waals surface area contributed by atoms with Crippen LogP contribution >= 0.6 is 0 Å². The largest absolute Gasteiger partial charge is 0.460 e. The maximum atomic E-state index is 11.5. The van der Waals surface area contributed by atoms with Crippen LogP contribution in [0.4, 0.5) is 0 Å². The first-order valence-corrected chi connectivity index (χ1v) is 6.43. The fourth-order valence-electron chi connectivity index (χ4n) is 1.61. The number of esters is 1. The van der Waals surface area contributed by atoms with Gasteiger partial charge in [-0.2, -0.15) is 4.80 Å². The predicted molar refractivity (Wildman–Crippen MR) is 64.9 cm³/mol. The normalized spacial score (nSPS) is 15.7. The van der Waals surface area contributed by atoms with Crippen molar-refractivity contribution in [2.45, 2.75) is 64.5 Å². The van der Waals surface area contributed by atoms with Gasteiger partial charge in [-0.3, -0.25) is 4.79 Å². The number of aryl methyl sites for hydroxylation is 1. The van der Waals surface area contributed by atoms with Crippen LogP contribution in [0.25, 0.3) is 0 Å². The number of carbonyl (C=O) groups excluding carboxylic acids is 1. The highest BCUT2D eigenvalue weighted by molar-refractivity contribution is 5.69. The molecule has 6 nitrogen and oxygen atoms in total. The minimum atomic E-state index is -0.415. The Labute approximate surface area is 107 Å². The van der Waals surface area contributed by atoms with E-state index >= 15 is 0 Å². The second-order valence-electron chi connectivity index (χ2n) is 5.71. The fourth-order valence-corrected chi connectivity index (χ4v) is 1.61. The minimum absolute atomic E-state index is 0.176. The van der Waals surface area contributed by atoms with Crippen LogP contribution in [0, 0.1) is 0 Å². The quantitative estimate of drug-likeness (QED) is 0.745. The number of aromatic nitrogens is 4. The maximum Gasteiger partial charge on any atom is 0.306 e. The smallest absolute Gasteiger partial charge is 0.306 e. The summed E-state index contributed by atoms with van der Waals surface area (Å²) >= 11 is 0. The molecule has 0 N–H and O–H groups in total. The molecule has 0 bridgehead atoms. The van der Waals surface area contributed by atoms with Gasteiger partial charge in [0.1, 0.15) is 5.60 Å². The molecule has 18 heavy (non-hydrogen) atoms. The summed E-state index contributed by atoms with van der Waals surface area (Å²) in [5.41, 5.74) is -0.415. The van der Waals surface area contributed by atoms with E-state index in [2.05, 4.69) is 15.4 Å². The molecule has 1 heterocycles. The van der Waals surface area contributed by atoms with Crippen LogP contribution in [0.5, 0.6) is 0 Å². The molecule has 0 saturated heterocycles. The molecule has 6 heteroatoms. The van der Waals surface area contributed by atoms with Crippen molar-refractivity contribution >= 4 is 5.97 Å². The lowest BCUT2D eigenvalue weighted by Gasteiger charge is -2.19. The van der Waals surface area contributed by atoms with E-state index in [9.17, 15) is 4.79 Å². The van der Waals surface area contributed by atoms with Gasteiger partial charge in [-0.1, -0.05) is 0 Å². The Morgan fingerprint density at radius 2 is 2.17 bits per heavy atom. The Kier molecular flexibility index (Phi) is 3.63. The second-order valence-corrected chi connectivity index (χ2v) is 5.71. The molecule has 2 rings (SSSR count). The summed E-state index contributed by atoms with van der Waals surface area (Å²) < 4.78 is 5.22. The van der Waals surface area contributed by atoms with Crippen molar-refractivity contribution in [3.8, 4) is 0 Å². The molecule has 0 unspecified atom stereocenters. The van der Waals surface area contributed by atoms with Gasteiger partial charge < -0.3 is 4.74 Å². The molecule has 0 atom stereocenters. The molecule has 1 aromatic rings. The molecule has 0 radical (unpaired) electrons. The number of tetrazole rings is 1. The van der Waals surface area contributed by atoms with Gasteiger partial charge in [0.25, 0.3) is 0 Å². The van der Waals surface area contributed by atoms with Gasteiger partial charge in [0.2, 0.25) is 0 Å². The molecule has 1 saturated carbocycles. The topological polar surface area (TPSA) is 69.9 Å². The third-order valence-corrected chi connectivity index (χ3v) is 2.57. The third-order valence-electron chi connectivity index (χ3n) is 2.57. The first kappa shape index (κ1) is 13.0. The number of ether oxygens (including phenoxy) is 1. The maximum absolute atomic E-state index is 11.5. The average molecular weight is 252 g/mol. The van der Waals surface area contributed by atoms with Crippen molar-refractivity contribution in [1.29, 1.82) is 0 Å². The second kappa shape index (κ2) is 5.04. The highest BCUT2D eigenvalue weighted by atomic mass is 16.6. The highest BCUT2D eigenvalue weighted by Gasteiger charge is 2.28. The van der Waals surface area contributed by atoms with E-state index in [-0.39, 0.29) is 5.97 Å². The van der Waals surface area contributed by atoms with E-state index in [0.29, 0.717) is 25.3 Å². The van der Waals surface area contributed by atoms with Crippen molar-refractivity contribution in [2.75, 3.05) is 0 Å². The van der Waals surface area contributed by atoms with Crippen LogP contribution in [0.2, 0.25) is 0 Å². The van der Waals surface area contributed by atoms with Crippen LogP contribution < -0.4 is 0 Å². The van der Waals surface area contributed by atoms with Gasteiger partial charge in [-0.25, -0.2) is 0 Å². The summed E-state index contributed by atoms with van der Waals surface area (Å²) in [6.45, 7) is 6.21. The van der Waals surface area contributed by atoms with Crippen LogP contribution in [-0.4, -0.2) is 31.8 Å². The van der Waals surface area contributed by atoms with E-state index < -0.39 is 5.60 Å². The molecule has 1 aliphatic carbocycles. The Bertz CT molecular complexity index is 418. The first-order valence-electron chi connectivity index (χ1n) is 6.43. The fraction of sp³-hybridized carbons (Fsp3) is 0.833. The monoisotopic (exact) mass is 252 g/mol. The molecule has 0 spiro atoms. The summed E-state index contributed by atoms with van der Waals surface area (Å²) in [7, 11) is 0. The Morgan fingerprint density at radius 1 is 1.44 bits per heavy atom. The van der Waals surface area contributed by atoms with Crippen LogP contribution in [0.1, 0.15) is 58.2 Å². The molecule has 100 valence electrons. The van der Waals surface area contributed by atoms with Crippen molar-refractivity contribution in [1.82, 2.24) is 20.2 Å². The van der Waals surface area contributed by atoms with Crippen molar-refractivity contribution < 1.29 is 9.53 Å². The lowest BCUT2D eigenvalue weighted by molar-refractivity contribution is -0.154. The predicted octanol–water partition coefficient (Wildman–Crippen LogP) is 1.67. The number of rotatable bonds is 5. The molecule has 0 amide bonds. The minimum Gasteiger partial charge on any atom is -0.460 e. The number of hydrogen-bond donors (Lipinski definition) is 0. The Morgan fingerprint density at radius 3 is 2.78 bits per heavy atom. The van der Waals surface area contributed by atoms with Crippen LogP contribution in [-0.2, 0) is 16.1 Å². The lowest BCUT2D eigenvalue weighted by atomic mass is 10.2. The molecule has 1 aliphatic rings. The van der Waals surface area contributed by atoms with E-state index in [1.54, 1.807) is 4.80 Å². The standard InChI is InChI=1S/C12H20N4O2/c1-12(2,3)18-10(17)5-4-8-16-14-11(13-15-16)9-6-7-9/h9H,4-8H2,1-3H3. The highest BCUT2D eigenvalue weighted by Crippen LogP contribution is 2.37. The van der Waals surface area contributed by atoms with Gasteiger partial charge in [-0.05, 0) is 45.2 Å². The summed E-state index contributed by atoms with van der Waals surface area (Å²) in [5, 5.41) is 12.3. The average Bonchev–Trinajstić information content (AvgIpc) is 2.97. The van der Waals surface area contributed by atoms with E-state index in [1.165, 1.54) is 12.8 Å². The van der Waals surface area contributed by atoms with Gasteiger partial charge in [0.05, 0.1) is 6.54 Å². The van der Waals surface area contributed by atoms with Crippen LogP contribution in [0.3, 0.4) is 0 Å². The van der Waals surface area contributed by atoms with Gasteiger partial charge >= 0.3 is 5.97 Å². The number of nitrogens with zero attached hydrogens (tertiary/aromatic N) is 4. The molecule has 1 fully saturated rings. The number of carbonyl (C=O) groups is 1. The van der Waals surface area contributed by atoms with Gasteiger partial charge in [0.15, 0.2) is 5.82 Å². The first-order chi connectivity index (χ1) is 8.44. The van der Waals surface area contributed by atoms with E-state index in [4.69, 9.17) is 4.74 Å². The zero-order chi connectivity index (χ0) is 13.2. The summed E-state index contributed by atoms with van der Waals surface area (Å²) in [6.07, 6.45) is 3.40. The van der Waals surface area contributed by atoms with Crippen molar-refractivity contribution in [3.05, 3.63) is 5.82 Å². The van der Waals surface area contributed by atoms with Gasteiger partial charge in [-0.15, -0.1) is 10.2 Å². The zero-order valence-corrected chi connectivity index (χ0v) is 11.2. The molecular weight excluding hydrogens is 232 g/mol. The van der Waals surface area contributed by atoms with Crippen molar-refractivity contribution in [2.24, 2.45) is 0 Å². The SMILES string of the molecule is CC(C)(C)OC(=O)CCCn1nnc(C2CC2)n1. The lowest BCUT2D eigenvalue weighted by Crippen LogP contribution is -2.23. The number of hydrogen-bond acceptors (Lipinski definition) is 5. The zero-order valence-electron chi connectivity index (χ0n) is 11.2. The van der Waals surface area contributed by atoms with E-state index in [0.717, 1.165) is 5.82 Å². The van der Waals surface area contributed by atoms with Crippen molar-refractivity contribution in [3.63, 3.8) is 0 Å². The molecular formula is C12H20N4O2. The summed E-state index contributed by atoms with van der Waals surface area (Å²) in [5.74, 6) is 1.18. The molecule has 0 aliphatic heterocycles. The summed E-state index contributed by atoms with van der Waals surface area (Å²) in [4.78, 5) is 13.1.